The fraction of sp³-hybridized carbons (Fsp3) is 0.391. The van der Waals surface area contributed by atoms with Crippen LogP contribution in [0.5, 0.6) is 5.75 Å². The van der Waals surface area contributed by atoms with Gasteiger partial charge in [0.15, 0.2) is 5.69 Å². The summed E-state index contributed by atoms with van der Waals surface area (Å²) in [6, 6.07) is 11.7. The Kier molecular flexibility index (Phi) is 6.01. The zero-order valence-corrected chi connectivity index (χ0v) is 17.8. The molecule has 158 valence electrons. The van der Waals surface area contributed by atoms with Crippen molar-refractivity contribution in [3.05, 3.63) is 53.2 Å². The van der Waals surface area contributed by atoms with Crippen molar-refractivity contribution in [3.8, 4) is 5.75 Å². The Morgan fingerprint density at radius 3 is 2.70 bits per heavy atom. The Morgan fingerprint density at radius 2 is 1.97 bits per heavy atom. The van der Waals surface area contributed by atoms with Gasteiger partial charge in [0, 0.05) is 30.7 Å². The van der Waals surface area contributed by atoms with Gasteiger partial charge in [0.05, 0.1) is 26.9 Å². The number of methoxy groups -OCH3 is 1. The molecule has 1 N–H and O–H groups in total. The molecular formula is C23H28N4O3. The fourth-order valence-corrected chi connectivity index (χ4v) is 3.89. The van der Waals surface area contributed by atoms with Crippen molar-refractivity contribution in [3.63, 3.8) is 0 Å². The highest BCUT2D eigenvalue weighted by Gasteiger charge is 2.21. The van der Waals surface area contributed by atoms with E-state index in [1.54, 1.807) is 7.11 Å². The van der Waals surface area contributed by atoms with Gasteiger partial charge in [0.1, 0.15) is 11.3 Å². The smallest absolute Gasteiger partial charge is 0.276 e. The summed E-state index contributed by atoms with van der Waals surface area (Å²) in [5, 5.41) is 8.50. The number of nitrogens with one attached hydrogen (secondary N) is 1. The number of aromatic nitrogens is 2. The van der Waals surface area contributed by atoms with Crippen LogP contribution in [0.2, 0.25) is 0 Å². The molecule has 2 aromatic carbocycles. The minimum atomic E-state index is -0.217. The third kappa shape index (κ3) is 4.17. The van der Waals surface area contributed by atoms with E-state index in [0.717, 1.165) is 60.6 Å². The van der Waals surface area contributed by atoms with Crippen LogP contribution in [0.3, 0.4) is 0 Å². The lowest BCUT2D eigenvalue weighted by Gasteiger charge is -2.26. The Morgan fingerprint density at radius 1 is 1.17 bits per heavy atom. The number of carbonyl (C=O) groups is 1. The molecule has 0 spiro atoms. The molecule has 1 amide bonds. The molecule has 2 heterocycles. The largest absolute Gasteiger partial charge is 0.494 e. The van der Waals surface area contributed by atoms with E-state index >= 15 is 0 Å². The average Bonchev–Trinajstić information content (AvgIpc) is 3.14. The van der Waals surface area contributed by atoms with Gasteiger partial charge in [0.2, 0.25) is 0 Å². The first-order valence-corrected chi connectivity index (χ1v) is 10.3. The van der Waals surface area contributed by atoms with Crippen LogP contribution in [-0.4, -0.2) is 60.5 Å². The van der Waals surface area contributed by atoms with Crippen molar-refractivity contribution < 1.29 is 14.3 Å². The second kappa shape index (κ2) is 8.85. The molecule has 1 saturated heterocycles. The van der Waals surface area contributed by atoms with Crippen LogP contribution >= 0.6 is 0 Å². The van der Waals surface area contributed by atoms with Gasteiger partial charge in [0.25, 0.3) is 5.91 Å². The molecule has 1 aliphatic rings. The number of ether oxygens (including phenoxy) is 2. The summed E-state index contributed by atoms with van der Waals surface area (Å²) in [5.74, 6) is 0.498. The summed E-state index contributed by atoms with van der Waals surface area (Å²) in [6.07, 6.45) is 0. The van der Waals surface area contributed by atoms with E-state index in [-0.39, 0.29) is 5.91 Å². The summed E-state index contributed by atoms with van der Waals surface area (Å²) in [6.45, 7) is 8.88. The second-order valence-electron chi connectivity index (χ2n) is 7.65. The molecule has 3 aromatic rings. The summed E-state index contributed by atoms with van der Waals surface area (Å²) in [5.41, 5.74) is 4.24. The maximum absolute atomic E-state index is 13.1. The summed E-state index contributed by atoms with van der Waals surface area (Å²) in [4.78, 5) is 15.5. The van der Waals surface area contributed by atoms with Gasteiger partial charge in [-0.25, -0.2) is 0 Å². The van der Waals surface area contributed by atoms with E-state index in [2.05, 4.69) is 16.3 Å². The quantitative estimate of drug-likeness (QED) is 0.678. The minimum absolute atomic E-state index is 0.217. The van der Waals surface area contributed by atoms with Gasteiger partial charge in [-0.15, -0.1) is 0 Å². The molecule has 0 atom stereocenters. The topological polar surface area (TPSA) is 68.6 Å². The lowest BCUT2D eigenvalue weighted by molar-refractivity contribution is 0.0361. The van der Waals surface area contributed by atoms with Crippen molar-refractivity contribution in [1.29, 1.82) is 0 Å². The summed E-state index contributed by atoms with van der Waals surface area (Å²) in [7, 11) is 1.64. The molecule has 4 rings (SSSR count). The van der Waals surface area contributed by atoms with Crippen LogP contribution in [0.25, 0.3) is 10.9 Å². The van der Waals surface area contributed by atoms with Crippen LogP contribution in [0.4, 0.5) is 5.69 Å². The molecular weight excluding hydrogens is 380 g/mol. The predicted molar refractivity (Wildman–Crippen MR) is 117 cm³/mol. The number of hydrogen-bond donors (Lipinski definition) is 1. The van der Waals surface area contributed by atoms with Gasteiger partial charge in [-0.2, -0.15) is 5.10 Å². The molecule has 1 aliphatic heterocycles. The van der Waals surface area contributed by atoms with E-state index < -0.39 is 0 Å². The van der Waals surface area contributed by atoms with Gasteiger partial charge >= 0.3 is 0 Å². The number of nitrogens with zero attached hydrogens (tertiary/aromatic N) is 3. The lowest BCUT2D eigenvalue weighted by atomic mass is 10.1. The third-order valence-corrected chi connectivity index (χ3v) is 5.53. The lowest BCUT2D eigenvalue weighted by Crippen LogP contribution is -2.38. The van der Waals surface area contributed by atoms with Gasteiger partial charge in [-0.1, -0.05) is 29.8 Å². The van der Waals surface area contributed by atoms with E-state index in [9.17, 15) is 4.79 Å². The number of rotatable bonds is 6. The van der Waals surface area contributed by atoms with Crippen molar-refractivity contribution in [2.45, 2.75) is 20.4 Å². The van der Waals surface area contributed by atoms with Crippen LogP contribution < -0.4 is 10.1 Å². The molecule has 0 bridgehead atoms. The number of fused-ring (bicyclic) bond motifs is 1. The molecule has 7 heteroatoms. The second-order valence-corrected chi connectivity index (χ2v) is 7.65. The number of aryl methyl sites for hydroxylation is 2. The maximum Gasteiger partial charge on any atom is 0.276 e. The molecule has 0 saturated carbocycles. The maximum atomic E-state index is 13.1. The molecule has 7 nitrogen and oxygen atoms in total. The zero-order chi connectivity index (χ0) is 21.1. The van der Waals surface area contributed by atoms with Crippen molar-refractivity contribution >= 4 is 22.5 Å². The number of anilines is 1. The predicted octanol–water partition coefficient (Wildman–Crippen LogP) is 3.25. The standard InChI is InChI=1S/C23H28N4O3/c1-16-7-8-19(17(2)15-16)24-23(28)21-18-5-4-6-20(29-3)22(18)27(25-21)10-9-26-11-13-30-14-12-26/h4-8,15H,9-14H2,1-3H3,(H,24,28). The first-order chi connectivity index (χ1) is 14.6. The number of para-hydroxylation sites is 1. The normalized spacial score (nSPS) is 14.8. The first-order valence-electron chi connectivity index (χ1n) is 10.3. The van der Waals surface area contributed by atoms with Gasteiger partial charge in [-0.05, 0) is 31.5 Å². The monoisotopic (exact) mass is 408 g/mol. The Hall–Kier alpha value is -2.90. The third-order valence-electron chi connectivity index (χ3n) is 5.53. The molecule has 1 aromatic heterocycles. The summed E-state index contributed by atoms with van der Waals surface area (Å²) < 4.78 is 12.9. The highest BCUT2D eigenvalue weighted by Crippen LogP contribution is 2.29. The SMILES string of the molecule is COc1cccc2c(C(=O)Nc3ccc(C)cc3C)nn(CCN3CCOCC3)c12. The van der Waals surface area contributed by atoms with Crippen LogP contribution in [-0.2, 0) is 11.3 Å². The molecule has 0 unspecified atom stereocenters. The molecule has 30 heavy (non-hydrogen) atoms. The molecule has 0 aliphatic carbocycles. The zero-order valence-electron chi connectivity index (χ0n) is 17.8. The molecule has 0 radical (unpaired) electrons. The molecule has 1 fully saturated rings. The highest BCUT2D eigenvalue weighted by atomic mass is 16.5. The number of benzene rings is 2. The van der Waals surface area contributed by atoms with Crippen LogP contribution in [0.15, 0.2) is 36.4 Å². The van der Waals surface area contributed by atoms with Crippen molar-refractivity contribution in [2.24, 2.45) is 0 Å². The first kappa shape index (κ1) is 20.4. The number of carbonyl (C=O) groups excluding carboxylic acids is 1. The van der Waals surface area contributed by atoms with Gasteiger partial charge < -0.3 is 14.8 Å². The van der Waals surface area contributed by atoms with Crippen LogP contribution in [0, 0.1) is 13.8 Å². The van der Waals surface area contributed by atoms with Gasteiger partial charge in [-0.3, -0.25) is 14.4 Å². The Balaban J connectivity index is 1.64. The number of hydrogen-bond acceptors (Lipinski definition) is 5. The van der Waals surface area contributed by atoms with Crippen molar-refractivity contribution in [2.75, 3.05) is 45.3 Å². The summed E-state index contributed by atoms with van der Waals surface area (Å²) >= 11 is 0. The Labute approximate surface area is 176 Å². The van der Waals surface area contributed by atoms with E-state index in [0.29, 0.717) is 18.0 Å². The highest BCUT2D eigenvalue weighted by molar-refractivity contribution is 6.12. The minimum Gasteiger partial charge on any atom is -0.494 e. The fourth-order valence-electron chi connectivity index (χ4n) is 3.89. The van der Waals surface area contributed by atoms with E-state index in [4.69, 9.17) is 14.6 Å². The van der Waals surface area contributed by atoms with Crippen molar-refractivity contribution in [1.82, 2.24) is 14.7 Å². The van der Waals surface area contributed by atoms with E-state index in [1.807, 2.05) is 48.9 Å². The van der Waals surface area contributed by atoms with E-state index in [1.165, 1.54) is 0 Å². The number of amides is 1. The Bertz CT molecular complexity index is 1050. The number of morpholine rings is 1. The average molecular weight is 409 g/mol. The van der Waals surface area contributed by atoms with Crippen LogP contribution in [0.1, 0.15) is 21.6 Å².